The number of nitrogens with one attached hydrogen (secondary N) is 1. The summed E-state index contributed by atoms with van der Waals surface area (Å²) in [5, 5.41) is 13.7. The summed E-state index contributed by atoms with van der Waals surface area (Å²) in [4.78, 5) is 63.0. The van der Waals surface area contributed by atoms with Gasteiger partial charge >= 0.3 is 5.97 Å². The molecule has 51 heavy (non-hydrogen) atoms. The van der Waals surface area contributed by atoms with Crippen LogP contribution >= 0.6 is 0 Å². The van der Waals surface area contributed by atoms with Crippen LogP contribution in [0.15, 0.2) is 54.6 Å². The van der Waals surface area contributed by atoms with Crippen molar-refractivity contribution >= 4 is 23.7 Å². The fourth-order valence-corrected chi connectivity index (χ4v) is 8.34. The molecule has 3 saturated heterocycles. The number of aliphatic hydroxyl groups excluding tert-OH is 1. The average Bonchev–Trinajstić information content (AvgIpc) is 3.53. The number of morpholine rings is 1. The van der Waals surface area contributed by atoms with Crippen molar-refractivity contribution < 1.29 is 43.2 Å². The van der Waals surface area contributed by atoms with Crippen LogP contribution in [-0.4, -0.2) is 140 Å². The van der Waals surface area contributed by atoms with E-state index in [1.54, 1.807) is 23.1 Å². The number of likely N-dealkylation sites (tertiary alicyclic amines) is 1. The van der Waals surface area contributed by atoms with Crippen molar-refractivity contribution in [2.24, 2.45) is 17.8 Å². The molecule has 0 aliphatic carbocycles. The predicted molar refractivity (Wildman–Crippen MR) is 186 cm³/mol. The molecule has 3 fully saturated rings. The minimum Gasteiger partial charge on any atom is -0.455 e. The molecule has 0 radical (unpaired) electrons. The second kappa shape index (κ2) is 16.4. The number of methoxy groups -OCH3 is 1. The number of nitrogens with zero attached hydrogens (tertiary/aromatic N) is 3. The lowest BCUT2D eigenvalue weighted by Gasteiger charge is -2.40. The molecular weight excluding hydrogens is 656 g/mol. The van der Waals surface area contributed by atoms with E-state index in [2.05, 4.69) is 10.2 Å². The Labute approximate surface area is 299 Å². The van der Waals surface area contributed by atoms with Gasteiger partial charge in [0.05, 0.1) is 50.5 Å². The molecule has 1 spiro atoms. The number of carbonyl (C=O) groups is 4. The Kier molecular flexibility index (Phi) is 11.9. The maximum absolute atomic E-state index is 15.0. The molecule has 0 bridgehead atoms. The van der Waals surface area contributed by atoms with Gasteiger partial charge in [-0.3, -0.25) is 24.1 Å². The summed E-state index contributed by atoms with van der Waals surface area (Å²) in [6.45, 7) is 7.87. The number of amides is 3. The zero-order valence-corrected chi connectivity index (χ0v) is 29.9. The van der Waals surface area contributed by atoms with Gasteiger partial charge in [0, 0.05) is 46.3 Å². The molecule has 9 atom stereocenters. The number of hydrogen-bond donors (Lipinski definition) is 2. The van der Waals surface area contributed by atoms with Crippen molar-refractivity contribution in [2.45, 2.75) is 69.0 Å². The summed E-state index contributed by atoms with van der Waals surface area (Å²) in [5.41, 5.74) is -0.843. The molecule has 13 heteroatoms. The Morgan fingerprint density at radius 1 is 1.06 bits per heavy atom. The monoisotopic (exact) mass is 708 g/mol. The van der Waals surface area contributed by atoms with Gasteiger partial charge in [-0.15, -0.1) is 0 Å². The molecule has 0 aromatic heterocycles. The van der Waals surface area contributed by atoms with Gasteiger partial charge in [-0.1, -0.05) is 74.9 Å². The van der Waals surface area contributed by atoms with Crippen LogP contribution in [0, 0.1) is 17.8 Å². The summed E-state index contributed by atoms with van der Waals surface area (Å²) in [6.07, 6.45) is 6.54. The smallest absolute Gasteiger partial charge is 0.313 e. The Morgan fingerprint density at radius 2 is 1.82 bits per heavy atom. The zero-order valence-electron chi connectivity index (χ0n) is 29.9. The topological polar surface area (TPSA) is 147 Å². The molecule has 278 valence electrons. The van der Waals surface area contributed by atoms with Crippen LogP contribution in [0.3, 0.4) is 0 Å². The molecule has 1 aromatic carbocycles. The lowest BCUT2D eigenvalue weighted by molar-refractivity contribution is -0.163. The highest BCUT2D eigenvalue weighted by atomic mass is 16.6. The van der Waals surface area contributed by atoms with E-state index in [0.29, 0.717) is 51.3 Å². The van der Waals surface area contributed by atoms with Gasteiger partial charge in [0.1, 0.15) is 23.7 Å². The lowest BCUT2D eigenvalue weighted by atomic mass is 9.77. The first-order chi connectivity index (χ1) is 24.7. The maximum atomic E-state index is 15.0. The molecule has 0 unspecified atom stereocenters. The molecule has 5 heterocycles. The summed E-state index contributed by atoms with van der Waals surface area (Å²) in [6, 6.07) is 6.63. The Morgan fingerprint density at radius 3 is 2.53 bits per heavy atom. The van der Waals surface area contributed by atoms with Gasteiger partial charge in [0.15, 0.2) is 0 Å². The van der Waals surface area contributed by atoms with Gasteiger partial charge in [-0.25, -0.2) is 0 Å². The number of hydrogen-bond acceptors (Lipinski definition) is 10. The first kappa shape index (κ1) is 37.1. The number of ether oxygens (including phenoxy) is 4. The molecule has 3 amide bonds. The Balaban J connectivity index is 1.41. The van der Waals surface area contributed by atoms with Gasteiger partial charge in [0.25, 0.3) is 0 Å². The maximum Gasteiger partial charge on any atom is 0.313 e. The number of fused-ring (bicyclic) bond motifs is 2. The van der Waals surface area contributed by atoms with Crippen LogP contribution in [0.4, 0.5) is 0 Å². The van der Waals surface area contributed by atoms with Gasteiger partial charge in [-0.2, -0.15) is 0 Å². The highest BCUT2D eigenvalue weighted by Gasteiger charge is 2.72. The number of cyclic esters (lactones) is 1. The van der Waals surface area contributed by atoms with E-state index in [-0.39, 0.29) is 37.4 Å². The summed E-state index contributed by atoms with van der Waals surface area (Å²) in [7, 11) is 1.51. The zero-order chi connectivity index (χ0) is 36.1. The quantitative estimate of drug-likeness (QED) is 0.271. The van der Waals surface area contributed by atoms with Crippen molar-refractivity contribution in [1.29, 1.82) is 0 Å². The minimum atomic E-state index is -1.50. The number of aliphatic hydroxyl groups is 1. The number of benzene rings is 1. The molecule has 5 aliphatic rings. The number of allylic oxidation sites excluding steroid dienone is 1. The van der Waals surface area contributed by atoms with Crippen LogP contribution < -0.4 is 5.32 Å². The fourth-order valence-electron chi connectivity index (χ4n) is 8.34. The van der Waals surface area contributed by atoms with Crippen molar-refractivity contribution in [3.05, 3.63) is 60.2 Å². The Hall–Kier alpha value is -3.62. The lowest BCUT2D eigenvalue weighted by Crippen LogP contribution is -2.59. The average molecular weight is 709 g/mol. The van der Waals surface area contributed by atoms with E-state index in [0.717, 1.165) is 13.1 Å². The molecule has 13 nitrogen and oxygen atoms in total. The van der Waals surface area contributed by atoms with E-state index in [1.165, 1.54) is 12.0 Å². The first-order valence-corrected chi connectivity index (χ1v) is 18.3. The predicted octanol–water partition coefficient (Wildman–Crippen LogP) is 1.47. The van der Waals surface area contributed by atoms with Gasteiger partial charge in [-0.05, 0) is 17.9 Å². The third kappa shape index (κ3) is 7.36. The van der Waals surface area contributed by atoms with Crippen LogP contribution in [0.5, 0.6) is 0 Å². The first-order valence-electron chi connectivity index (χ1n) is 18.3. The molecule has 5 aliphatic heterocycles. The fraction of sp³-hybridized carbons (Fsp3) is 0.632. The van der Waals surface area contributed by atoms with E-state index in [4.69, 9.17) is 18.9 Å². The second-order valence-corrected chi connectivity index (χ2v) is 14.2. The summed E-state index contributed by atoms with van der Waals surface area (Å²) >= 11 is 0. The molecule has 6 rings (SSSR count). The summed E-state index contributed by atoms with van der Waals surface area (Å²) in [5.74, 6) is -3.96. The van der Waals surface area contributed by atoms with Crippen LogP contribution in [0.1, 0.15) is 44.8 Å². The number of esters is 1. The standard InChI is InChI=1S/C38H52N4O9/c1-4-25(2)28(23-43)42-34-36(46)41(18-17-40-19-21-49-22-20-40)16-10-15-38(34)32(35(42)45)31-29(51-38)13-8-9-14-30(44)39-27(24-48-3)33(50-37(31)47)26-11-6-5-7-12-26/h5-8,10-13,15,25,27-29,31-34,43H,4,9,14,16-24H2,1-3H3,(H,39,44)/b13-8-/t25-,27+,28-,29+,31-,32-,33+,34+,38-/m0/s1. The molecule has 2 N–H and O–H groups in total. The van der Waals surface area contributed by atoms with Crippen molar-refractivity contribution in [1.82, 2.24) is 20.0 Å². The van der Waals surface area contributed by atoms with Crippen LogP contribution in [0.25, 0.3) is 0 Å². The van der Waals surface area contributed by atoms with Crippen LogP contribution in [-0.2, 0) is 38.1 Å². The van der Waals surface area contributed by atoms with E-state index in [1.807, 2.05) is 50.3 Å². The highest BCUT2D eigenvalue weighted by molar-refractivity contribution is 5.99. The molecular formula is C38H52N4O9. The van der Waals surface area contributed by atoms with E-state index in [9.17, 15) is 24.3 Å². The second-order valence-electron chi connectivity index (χ2n) is 14.2. The van der Waals surface area contributed by atoms with Crippen LogP contribution in [0.2, 0.25) is 0 Å². The normalized spacial score (nSPS) is 33.6. The summed E-state index contributed by atoms with van der Waals surface area (Å²) < 4.78 is 24.2. The third-order valence-electron chi connectivity index (χ3n) is 11.2. The highest BCUT2D eigenvalue weighted by Crippen LogP contribution is 2.54. The number of rotatable bonds is 10. The third-order valence-corrected chi connectivity index (χ3v) is 11.2. The number of carbonyl (C=O) groups excluding carboxylic acids is 4. The Bertz CT molecular complexity index is 1470. The molecule has 0 saturated carbocycles. The minimum absolute atomic E-state index is 0.0752. The SMILES string of the molecule is CC[C@H](C)[C@H](CO)N1C(=O)[C@@H]2[C@H]3C(=O)O[C@H](c4ccccc4)[C@@H](COC)NC(=O)CC/C=C\[C@H]3O[C@@]23C=CCN(CCN2CCOCC2)C(=O)[C@@H]13. The largest absolute Gasteiger partial charge is 0.455 e. The van der Waals surface area contributed by atoms with Gasteiger partial charge < -0.3 is 39.2 Å². The van der Waals surface area contributed by atoms with E-state index < -0.39 is 59.6 Å². The van der Waals surface area contributed by atoms with Crippen molar-refractivity contribution in [2.75, 3.05) is 66.3 Å². The van der Waals surface area contributed by atoms with Gasteiger partial charge in [0.2, 0.25) is 17.7 Å². The van der Waals surface area contributed by atoms with Crippen molar-refractivity contribution in [3.63, 3.8) is 0 Å². The van der Waals surface area contributed by atoms with Crippen molar-refractivity contribution in [3.8, 4) is 0 Å². The van der Waals surface area contributed by atoms with E-state index >= 15 is 0 Å². The molecule has 1 aromatic rings.